The van der Waals surface area contributed by atoms with E-state index in [-0.39, 0.29) is 5.54 Å². The van der Waals surface area contributed by atoms with Crippen LogP contribution in [0.4, 0.5) is 5.69 Å². The van der Waals surface area contributed by atoms with Crippen LogP contribution in [0.1, 0.15) is 37.8 Å². The number of hydrogen-bond donors (Lipinski definition) is 0. The van der Waals surface area contributed by atoms with Crippen LogP contribution in [0.25, 0.3) is 6.08 Å². The molecule has 0 spiro atoms. The van der Waals surface area contributed by atoms with Crippen LogP contribution in [0.5, 0.6) is 0 Å². The molecule has 0 saturated carbocycles. The first-order valence-corrected chi connectivity index (χ1v) is 9.72. The minimum atomic E-state index is -0.0685. The second-order valence-corrected chi connectivity index (χ2v) is 7.92. The Kier molecular flexibility index (Phi) is 5.00. The SMILES string of the molecule is CC1(C)CC(OCCN2CCOCC2)=NN1c1ccc2c(c1)C=CCC2. The van der Waals surface area contributed by atoms with Gasteiger partial charge in [-0.05, 0) is 49.9 Å². The highest BCUT2D eigenvalue weighted by Gasteiger charge is 2.36. The van der Waals surface area contributed by atoms with E-state index in [0.29, 0.717) is 6.61 Å². The number of allylic oxidation sites excluding steroid dienone is 1. The van der Waals surface area contributed by atoms with Gasteiger partial charge in [0.25, 0.3) is 0 Å². The lowest BCUT2D eigenvalue weighted by atomic mass is 9.95. The normalized spacial score (nSPS) is 22.2. The number of nitrogens with zero attached hydrogens (tertiary/aromatic N) is 3. The summed E-state index contributed by atoms with van der Waals surface area (Å²) in [5.74, 6) is 0.844. The van der Waals surface area contributed by atoms with Crippen LogP contribution >= 0.6 is 0 Å². The van der Waals surface area contributed by atoms with Crippen LogP contribution in [0, 0.1) is 0 Å². The maximum atomic E-state index is 6.02. The fourth-order valence-corrected chi connectivity index (χ4v) is 3.88. The smallest absolute Gasteiger partial charge is 0.208 e. The van der Waals surface area contributed by atoms with E-state index in [0.717, 1.165) is 63.7 Å². The average Bonchev–Trinajstić information content (AvgIpc) is 2.96. The van der Waals surface area contributed by atoms with E-state index >= 15 is 0 Å². The topological polar surface area (TPSA) is 37.3 Å². The molecule has 2 heterocycles. The van der Waals surface area contributed by atoms with Crippen molar-refractivity contribution in [3.63, 3.8) is 0 Å². The highest BCUT2D eigenvalue weighted by atomic mass is 16.5. The van der Waals surface area contributed by atoms with Crippen LogP contribution in [-0.4, -0.2) is 55.8 Å². The fraction of sp³-hybridized carbons (Fsp3) is 0.571. The van der Waals surface area contributed by atoms with Crippen molar-refractivity contribution < 1.29 is 9.47 Å². The van der Waals surface area contributed by atoms with Gasteiger partial charge in [-0.15, -0.1) is 5.10 Å². The summed E-state index contributed by atoms with van der Waals surface area (Å²) in [4.78, 5) is 2.39. The summed E-state index contributed by atoms with van der Waals surface area (Å²) in [6.45, 7) is 9.73. The van der Waals surface area contributed by atoms with Crippen molar-refractivity contribution in [3.05, 3.63) is 35.4 Å². The first-order chi connectivity index (χ1) is 12.6. The van der Waals surface area contributed by atoms with Crippen LogP contribution in [0.2, 0.25) is 0 Å². The molecule has 1 aromatic rings. The van der Waals surface area contributed by atoms with E-state index < -0.39 is 0 Å². The molecule has 1 aromatic carbocycles. The van der Waals surface area contributed by atoms with E-state index in [1.54, 1.807) is 0 Å². The molecular weight excluding hydrogens is 326 g/mol. The van der Waals surface area contributed by atoms with Gasteiger partial charge in [0.1, 0.15) is 6.61 Å². The Morgan fingerprint density at radius 3 is 2.92 bits per heavy atom. The minimum Gasteiger partial charge on any atom is -0.478 e. The van der Waals surface area contributed by atoms with Crippen LogP contribution in [-0.2, 0) is 15.9 Å². The lowest BCUT2D eigenvalue weighted by molar-refractivity contribution is 0.0314. The highest BCUT2D eigenvalue weighted by molar-refractivity contribution is 5.83. The van der Waals surface area contributed by atoms with Gasteiger partial charge in [-0.25, -0.2) is 0 Å². The number of fused-ring (bicyclic) bond motifs is 1. The van der Waals surface area contributed by atoms with Crippen molar-refractivity contribution >= 4 is 17.7 Å². The van der Waals surface area contributed by atoms with Crippen molar-refractivity contribution in [2.45, 2.75) is 38.6 Å². The van der Waals surface area contributed by atoms with E-state index in [1.807, 2.05) is 0 Å². The van der Waals surface area contributed by atoms with Crippen molar-refractivity contribution in [2.75, 3.05) is 44.5 Å². The third-order valence-electron chi connectivity index (χ3n) is 5.40. The van der Waals surface area contributed by atoms with Crippen molar-refractivity contribution in [2.24, 2.45) is 5.10 Å². The Bertz CT molecular complexity index is 705. The summed E-state index contributed by atoms with van der Waals surface area (Å²) in [5, 5.41) is 6.93. The van der Waals surface area contributed by atoms with Gasteiger partial charge in [0, 0.05) is 19.6 Å². The summed E-state index contributed by atoms with van der Waals surface area (Å²) >= 11 is 0. The Morgan fingerprint density at radius 1 is 1.23 bits per heavy atom. The van der Waals surface area contributed by atoms with Gasteiger partial charge < -0.3 is 9.47 Å². The van der Waals surface area contributed by atoms with Crippen LogP contribution < -0.4 is 5.01 Å². The number of hydrogen-bond acceptors (Lipinski definition) is 5. The molecule has 5 heteroatoms. The number of rotatable bonds is 4. The van der Waals surface area contributed by atoms with E-state index in [4.69, 9.17) is 14.6 Å². The number of ether oxygens (including phenoxy) is 2. The third kappa shape index (κ3) is 3.79. The van der Waals surface area contributed by atoms with Crippen molar-refractivity contribution in [1.29, 1.82) is 0 Å². The number of aryl methyl sites for hydroxylation is 1. The number of morpholine rings is 1. The first-order valence-electron chi connectivity index (χ1n) is 9.72. The molecule has 0 aromatic heterocycles. The quantitative estimate of drug-likeness (QED) is 0.830. The summed E-state index contributed by atoms with van der Waals surface area (Å²) < 4.78 is 11.4. The van der Waals surface area contributed by atoms with Gasteiger partial charge in [0.15, 0.2) is 0 Å². The van der Waals surface area contributed by atoms with Crippen molar-refractivity contribution in [3.8, 4) is 0 Å². The molecule has 0 atom stereocenters. The maximum absolute atomic E-state index is 6.02. The molecule has 5 nitrogen and oxygen atoms in total. The van der Waals surface area contributed by atoms with Gasteiger partial charge in [0.2, 0.25) is 5.90 Å². The molecule has 0 N–H and O–H groups in total. The standard InChI is InChI=1S/C21H29N3O2/c1-21(2)16-20(26-14-11-23-9-12-25-13-10-23)22-24(21)19-8-7-17-5-3-4-6-18(17)15-19/h4,6-8,15H,3,5,9-14,16H2,1-2H3. The Morgan fingerprint density at radius 2 is 2.08 bits per heavy atom. The van der Waals surface area contributed by atoms with Gasteiger partial charge in [-0.1, -0.05) is 18.2 Å². The molecule has 2 aliphatic heterocycles. The Balaban J connectivity index is 1.41. The van der Waals surface area contributed by atoms with Crippen molar-refractivity contribution in [1.82, 2.24) is 4.90 Å². The largest absolute Gasteiger partial charge is 0.478 e. The lowest BCUT2D eigenvalue weighted by Gasteiger charge is -2.30. The molecule has 140 valence electrons. The molecular formula is C21H29N3O2. The van der Waals surface area contributed by atoms with E-state index in [1.165, 1.54) is 11.1 Å². The summed E-state index contributed by atoms with van der Waals surface area (Å²) in [5.41, 5.74) is 3.83. The molecule has 1 saturated heterocycles. The van der Waals surface area contributed by atoms with E-state index in [2.05, 4.69) is 54.1 Å². The zero-order valence-corrected chi connectivity index (χ0v) is 15.9. The number of hydrazone groups is 1. The molecule has 0 unspecified atom stereocenters. The molecule has 0 amide bonds. The molecule has 1 aliphatic carbocycles. The summed E-state index contributed by atoms with van der Waals surface area (Å²) in [7, 11) is 0. The number of benzene rings is 1. The Hall–Kier alpha value is -1.85. The predicted molar refractivity (Wildman–Crippen MR) is 106 cm³/mol. The molecule has 0 bridgehead atoms. The summed E-state index contributed by atoms with van der Waals surface area (Å²) in [6, 6.07) is 6.70. The second-order valence-electron chi connectivity index (χ2n) is 7.92. The zero-order valence-electron chi connectivity index (χ0n) is 15.9. The summed E-state index contributed by atoms with van der Waals surface area (Å²) in [6.07, 6.45) is 7.60. The molecule has 3 aliphatic rings. The molecule has 1 fully saturated rings. The maximum Gasteiger partial charge on any atom is 0.208 e. The highest BCUT2D eigenvalue weighted by Crippen LogP contribution is 2.35. The molecule has 4 rings (SSSR count). The third-order valence-corrected chi connectivity index (χ3v) is 5.40. The monoisotopic (exact) mass is 355 g/mol. The average molecular weight is 355 g/mol. The predicted octanol–water partition coefficient (Wildman–Crippen LogP) is 3.30. The first kappa shape index (κ1) is 17.6. The van der Waals surface area contributed by atoms with Gasteiger partial charge in [-0.2, -0.15) is 0 Å². The van der Waals surface area contributed by atoms with Gasteiger partial charge in [-0.3, -0.25) is 9.91 Å². The lowest BCUT2D eigenvalue weighted by Crippen LogP contribution is -2.38. The van der Waals surface area contributed by atoms with Crippen LogP contribution in [0.15, 0.2) is 29.4 Å². The number of anilines is 1. The minimum absolute atomic E-state index is 0.0685. The zero-order chi connectivity index (χ0) is 18.0. The van der Waals surface area contributed by atoms with Gasteiger partial charge in [0.05, 0.1) is 30.9 Å². The van der Waals surface area contributed by atoms with E-state index in [9.17, 15) is 0 Å². The molecule has 0 radical (unpaired) electrons. The Labute approximate surface area is 156 Å². The second kappa shape index (κ2) is 7.41. The van der Waals surface area contributed by atoms with Crippen LogP contribution in [0.3, 0.4) is 0 Å². The fourth-order valence-electron chi connectivity index (χ4n) is 3.88. The van der Waals surface area contributed by atoms with Gasteiger partial charge >= 0.3 is 0 Å². The molecule has 26 heavy (non-hydrogen) atoms.